The van der Waals surface area contributed by atoms with Crippen molar-refractivity contribution in [1.82, 2.24) is 14.7 Å². The van der Waals surface area contributed by atoms with Crippen LogP contribution in [-0.4, -0.2) is 63.6 Å². The molecule has 7 amide bonds. The summed E-state index contributed by atoms with van der Waals surface area (Å²) in [5.41, 5.74) is 10.6. The van der Waals surface area contributed by atoms with Gasteiger partial charge in [-0.2, -0.15) is 0 Å². The van der Waals surface area contributed by atoms with Gasteiger partial charge in [0.1, 0.15) is 16.9 Å². The lowest BCUT2D eigenvalue weighted by atomic mass is 10.0. The predicted octanol–water partition coefficient (Wildman–Crippen LogP) is 1.08. The lowest BCUT2D eigenvalue weighted by Crippen LogP contribution is -2.57. The van der Waals surface area contributed by atoms with E-state index in [0.717, 1.165) is 21.1 Å². The standard InChI is InChI=1S/C22H28N6O5/c1-5-6-11-26-17(29)15(16(23)24)18(30)28(21(26)33)14-9-7-13(8-10-14)12-27-20(32)25(4)19(31)22(27,2)3/h7-10H,5-6,11-12,23-24H2,1-4H3. The van der Waals surface area contributed by atoms with E-state index in [0.29, 0.717) is 12.0 Å². The van der Waals surface area contributed by atoms with E-state index in [2.05, 4.69) is 0 Å². The van der Waals surface area contributed by atoms with Gasteiger partial charge in [-0.15, -0.1) is 0 Å². The number of benzene rings is 1. The normalized spacial score (nSPS) is 18.7. The zero-order chi connectivity index (χ0) is 24.7. The number of imide groups is 3. The average Bonchev–Trinajstić information content (AvgIpc) is 2.89. The Bertz CT molecular complexity index is 1060. The molecule has 1 aromatic rings. The zero-order valence-corrected chi connectivity index (χ0v) is 19.1. The third-order valence-corrected chi connectivity index (χ3v) is 5.88. The molecule has 0 radical (unpaired) electrons. The molecule has 33 heavy (non-hydrogen) atoms. The highest BCUT2D eigenvalue weighted by Crippen LogP contribution is 2.30. The molecule has 2 saturated heterocycles. The molecular weight excluding hydrogens is 428 g/mol. The lowest BCUT2D eigenvalue weighted by molar-refractivity contribution is -0.131. The van der Waals surface area contributed by atoms with Gasteiger partial charge < -0.3 is 16.4 Å². The number of amides is 7. The number of barbiturate groups is 1. The van der Waals surface area contributed by atoms with Gasteiger partial charge >= 0.3 is 12.1 Å². The summed E-state index contributed by atoms with van der Waals surface area (Å²) in [7, 11) is 1.43. The SMILES string of the molecule is CCCCN1C(=O)C(=C(N)N)C(=O)N(c2ccc(CN3C(=O)N(C)C(=O)C3(C)C)cc2)C1=O. The first-order valence-corrected chi connectivity index (χ1v) is 10.6. The molecule has 176 valence electrons. The molecule has 0 atom stereocenters. The third-order valence-electron chi connectivity index (χ3n) is 5.88. The molecule has 2 aliphatic heterocycles. The van der Waals surface area contributed by atoms with Crippen LogP contribution in [0.3, 0.4) is 0 Å². The summed E-state index contributed by atoms with van der Waals surface area (Å²) in [5.74, 6) is -2.46. The van der Waals surface area contributed by atoms with Crippen LogP contribution in [0.5, 0.6) is 0 Å². The Hall–Kier alpha value is -3.89. The number of hydrogen-bond donors (Lipinski definition) is 2. The molecule has 2 fully saturated rings. The van der Waals surface area contributed by atoms with Gasteiger partial charge in [0, 0.05) is 20.1 Å². The highest BCUT2D eigenvalue weighted by Gasteiger charge is 2.49. The Morgan fingerprint density at radius 3 is 2.03 bits per heavy atom. The maximum Gasteiger partial charge on any atom is 0.338 e. The van der Waals surface area contributed by atoms with Gasteiger partial charge in [-0.1, -0.05) is 25.5 Å². The zero-order valence-electron chi connectivity index (χ0n) is 19.1. The number of hydrogen-bond acceptors (Lipinski definition) is 7. The number of rotatable bonds is 6. The molecule has 0 aromatic heterocycles. The summed E-state index contributed by atoms with van der Waals surface area (Å²) in [6.07, 6.45) is 1.29. The minimum absolute atomic E-state index is 0.126. The summed E-state index contributed by atoms with van der Waals surface area (Å²) in [4.78, 5) is 67.7. The molecule has 11 heteroatoms. The van der Waals surface area contributed by atoms with Crippen LogP contribution < -0.4 is 16.4 Å². The second-order valence-corrected chi connectivity index (χ2v) is 8.52. The number of urea groups is 2. The fourth-order valence-electron chi connectivity index (χ4n) is 3.85. The van der Waals surface area contributed by atoms with Gasteiger partial charge in [0.2, 0.25) is 0 Å². The van der Waals surface area contributed by atoms with Gasteiger partial charge in [0.05, 0.1) is 5.69 Å². The molecule has 0 spiro atoms. The van der Waals surface area contributed by atoms with Gasteiger partial charge in [-0.3, -0.25) is 24.2 Å². The Morgan fingerprint density at radius 1 is 0.939 bits per heavy atom. The molecule has 0 aliphatic carbocycles. The Balaban J connectivity index is 1.90. The fourth-order valence-corrected chi connectivity index (χ4v) is 3.85. The quantitative estimate of drug-likeness (QED) is 0.369. The largest absolute Gasteiger partial charge is 0.385 e. The Labute approximate surface area is 191 Å². The number of carbonyl (C=O) groups excluding carboxylic acids is 5. The highest BCUT2D eigenvalue weighted by molar-refractivity contribution is 6.37. The van der Waals surface area contributed by atoms with Crippen LogP contribution in [-0.2, 0) is 20.9 Å². The van der Waals surface area contributed by atoms with E-state index >= 15 is 0 Å². The van der Waals surface area contributed by atoms with Gasteiger partial charge in [-0.25, -0.2) is 14.5 Å². The van der Waals surface area contributed by atoms with Crippen LogP contribution in [0.25, 0.3) is 0 Å². The number of nitrogens with two attached hydrogens (primary N) is 2. The molecule has 1 aromatic carbocycles. The summed E-state index contributed by atoms with van der Waals surface area (Å²) in [6.45, 7) is 5.53. The van der Waals surface area contributed by atoms with Crippen molar-refractivity contribution in [2.45, 2.75) is 45.7 Å². The second kappa shape index (κ2) is 8.57. The van der Waals surface area contributed by atoms with Crippen LogP contribution in [0.1, 0.15) is 39.2 Å². The van der Waals surface area contributed by atoms with Crippen LogP contribution in [0.4, 0.5) is 15.3 Å². The summed E-state index contributed by atoms with van der Waals surface area (Å²) >= 11 is 0. The van der Waals surface area contributed by atoms with Crippen LogP contribution >= 0.6 is 0 Å². The first-order valence-electron chi connectivity index (χ1n) is 10.6. The van der Waals surface area contributed by atoms with E-state index in [1.54, 1.807) is 26.0 Å². The van der Waals surface area contributed by atoms with Crippen molar-refractivity contribution in [2.24, 2.45) is 11.5 Å². The van der Waals surface area contributed by atoms with Crippen molar-refractivity contribution in [1.29, 1.82) is 0 Å². The number of carbonyl (C=O) groups is 5. The van der Waals surface area contributed by atoms with Crippen molar-refractivity contribution >= 4 is 35.5 Å². The lowest BCUT2D eigenvalue weighted by Gasteiger charge is -2.34. The van der Waals surface area contributed by atoms with E-state index in [4.69, 9.17) is 11.5 Å². The fraction of sp³-hybridized carbons (Fsp3) is 0.409. The molecule has 2 heterocycles. The van der Waals surface area contributed by atoms with Crippen LogP contribution in [0, 0.1) is 0 Å². The molecular formula is C22H28N6O5. The number of likely N-dealkylation sites (N-methyl/N-ethyl adjacent to an activating group) is 1. The minimum atomic E-state index is -0.998. The molecule has 0 unspecified atom stereocenters. The monoisotopic (exact) mass is 456 g/mol. The Kier molecular flexibility index (Phi) is 6.17. The van der Waals surface area contributed by atoms with Gasteiger partial charge in [0.25, 0.3) is 17.7 Å². The van der Waals surface area contributed by atoms with E-state index in [1.165, 1.54) is 24.1 Å². The van der Waals surface area contributed by atoms with Gasteiger partial charge in [0.15, 0.2) is 0 Å². The summed E-state index contributed by atoms with van der Waals surface area (Å²) in [5, 5.41) is 0. The van der Waals surface area contributed by atoms with Crippen molar-refractivity contribution in [2.75, 3.05) is 18.5 Å². The summed E-state index contributed by atoms with van der Waals surface area (Å²) in [6, 6.07) is 5.16. The average molecular weight is 457 g/mol. The first-order chi connectivity index (χ1) is 15.4. The number of nitrogens with zero attached hydrogens (tertiary/aromatic N) is 4. The van der Waals surface area contributed by atoms with E-state index in [1.807, 2.05) is 6.92 Å². The highest BCUT2D eigenvalue weighted by atomic mass is 16.2. The molecule has 3 rings (SSSR count). The molecule has 0 saturated carbocycles. The van der Waals surface area contributed by atoms with E-state index in [-0.39, 0.29) is 24.7 Å². The molecule has 0 bridgehead atoms. The van der Waals surface area contributed by atoms with Crippen molar-refractivity contribution in [3.8, 4) is 0 Å². The van der Waals surface area contributed by atoms with Crippen LogP contribution in [0.15, 0.2) is 35.7 Å². The van der Waals surface area contributed by atoms with E-state index in [9.17, 15) is 24.0 Å². The van der Waals surface area contributed by atoms with Crippen molar-refractivity contribution in [3.05, 3.63) is 41.2 Å². The molecule has 2 aliphatic rings. The maximum absolute atomic E-state index is 13.0. The Morgan fingerprint density at radius 2 is 1.55 bits per heavy atom. The smallest absolute Gasteiger partial charge is 0.338 e. The first kappa shape index (κ1) is 23.8. The third kappa shape index (κ3) is 3.90. The van der Waals surface area contributed by atoms with Gasteiger partial charge in [-0.05, 0) is 38.0 Å². The summed E-state index contributed by atoms with van der Waals surface area (Å²) < 4.78 is 0. The number of unbranched alkanes of at least 4 members (excludes halogenated alkanes) is 1. The van der Waals surface area contributed by atoms with Crippen molar-refractivity contribution in [3.63, 3.8) is 0 Å². The number of anilines is 1. The minimum Gasteiger partial charge on any atom is -0.385 e. The maximum atomic E-state index is 13.0. The van der Waals surface area contributed by atoms with E-state index < -0.39 is 40.8 Å². The molecule has 4 N–H and O–H groups in total. The van der Waals surface area contributed by atoms with Crippen molar-refractivity contribution < 1.29 is 24.0 Å². The predicted molar refractivity (Wildman–Crippen MR) is 119 cm³/mol. The second-order valence-electron chi connectivity index (χ2n) is 8.52. The topological polar surface area (TPSA) is 150 Å². The molecule has 11 nitrogen and oxygen atoms in total. The van der Waals surface area contributed by atoms with Crippen LogP contribution in [0.2, 0.25) is 0 Å².